The molecule has 2 N–H and O–H groups in total. The molecule has 0 radical (unpaired) electrons. The van der Waals surface area contributed by atoms with Crippen LogP contribution in [0.1, 0.15) is 50.2 Å². The molecule has 2 aromatic carbocycles. The van der Waals surface area contributed by atoms with Crippen molar-refractivity contribution < 1.29 is 19.4 Å². The van der Waals surface area contributed by atoms with Gasteiger partial charge in [0.15, 0.2) is 0 Å². The number of aromatic nitrogens is 1. The number of pyridine rings is 1. The average molecular weight is 648 g/mol. The summed E-state index contributed by atoms with van der Waals surface area (Å²) in [4.78, 5) is 19.4. The van der Waals surface area contributed by atoms with Gasteiger partial charge in [0.05, 0.1) is 16.8 Å². The Balaban J connectivity index is 1.24. The third kappa shape index (κ3) is 6.64. The first kappa shape index (κ1) is 31.6. The molecule has 9 heteroatoms. The molecule has 238 valence electrons. The number of rotatable bonds is 12. The van der Waals surface area contributed by atoms with Crippen LogP contribution in [0.15, 0.2) is 66.2 Å². The highest BCUT2D eigenvalue weighted by Crippen LogP contribution is 2.56. The fourth-order valence-electron chi connectivity index (χ4n) is 7.41. The number of carboxylic acid groups (broad SMARTS) is 1. The van der Waals surface area contributed by atoms with Crippen molar-refractivity contribution in [2.45, 2.75) is 56.4 Å². The van der Waals surface area contributed by atoms with E-state index in [-0.39, 0.29) is 5.41 Å². The molecule has 0 aliphatic heterocycles. The van der Waals surface area contributed by atoms with E-state index in [4.69, 9.17) is 21.1 Å². The second-order valence-corrected chi connectivity index (χ2v) is 14.5. The molecule has 0 saturated heterocycles. The minimum atomic E-state index is -1.05. The molecule has 1 spiro atoms. The van der Waals surface area contributed by atoms with Crippen molar-refractivity contribution in [3.05, 3.63) is 82.3 Å². The first-order valence-corrected chi connectivity index (χ1v) is 17.1. The second-order valence-electron chi connectivity index (χ2n) is 13.1. The number of carboxylic acids is 1. The van der Waals surface area contributed by atoms with Gasteiger partial charge in [-0.1, -0.05) is 30.7 Å². The van der Waals surface area contributed by atoms with Crippen molar-refractivity contribution in [2.75, 3.05) is 39.2 Å². The van der Waals surface area contributed by atoms with Crippen molar-refractivity contribution >= 4 is 44.8 Å². The molecular weight excluding hydrogens is 606 g/mol. The summed E-state index contributed by atoms with van der Waals surface area (Å²) in [5.74, 6) is 1.65. The molecule has 2 aliphatic carbocycles. The van der Waals surface area contributed by atoms with Crippen LogP contribution in [0.5, 0.6) is 11.5 Å². The van der Waals surface area contributed by atoms with Crippen LogP contribution >= 0.6 is 22.9 Å². The predicted molar refractivity (Wildman–Crippen MR) is 182 cm³/mol. The Labute approximate surface area is 274 Å². The van der Waals surface area contributed by atoms with Crippen LogP contribution in [0.3, 0.4) is 0 Å². The van der Waals surface area contributed by atoms with Gasteiger partial charge in [-0.2, -0.15) is 0 Å². The Morgan fingerprint density at radius 1 is 1.13 bits per heavy atom. The van der Waals surface area contributed by atoms with Gasteiger partial charge in [0.1, 0.15) is 23.6 Å². The molecule has 2 aromatic heterocycles. The van der Waals surface area contributed by atoms with Gasteiger partial charge in [-0.25, -0.2) is 4.79 Å². The van der Waals surface area contributed by atoms with E-state index in [1.54, 1.807) is 23.5 Å². The number of nitrogens with zero attached hydrogens (tertiary/aromatic N) is 2. The molecule has 1 unspecified atom stereocenters. The largest absolute Gasteiger partial charge is 0.492 e. The first-order chi connectivity index (χ1) is 21.7. The van der Waals surface area contributed by atoms with Gasteiger partial charge >= 0.3 is 5.97 Å². The highest BCUT2D eigenvalue weighted by molar-refractivity contribution is 7.17. The molecule has 1 fully saturated rings. The topological polar surface area (TPSA) is 83.9 Å². The van der Waals surface area contributed by atoms with E-state index < -0.39 is 11.5 Å². The maximum absolute atomic E-state index is 12.9. The van der Waals surface area contributed by atoms with E-state index in [0.717, 1.165) is 59.6 Å². The summed E-state index contributed by atoms with van der Waals surface area (Å²) in [5.41, 5.74) is 3.21. The molecule has 1 saturated carbocycles. The summed E-state index contributed by atoms with van der Waals surface area (Å²) in [6.07, 6.45) is 6.38. The SMILES string of the molecule is C[C@@H](COc1ccnc2ccsc12)CC1Cc2ccc(OCCN(C)C)cc2C12CCC(Nc1cccc(Cl)c1)(C(=O)O)CC2. The quantitative estimate of drug-likeness (QED) is 0.162. The second kappa shape index (κ2) is 13.2. The monoisotopic (exact) mass is 647 g/mol. The van der Waals surface area contributed by atoms with Crippen molar-refractivity contribution in [1.29, 1.82) is 0 Å². The predicted octanol–water partition coefficient (Wildman–Crippen LogP) is 7.91. The number of thiophene rings is 1. The van der Waals surface area contributed by atoms with Crippen molar-refractivity contribution in [3.8, 4) is 11.5 Å². The summed E-state index contributed by atoms with van der Waals surface area (Å²) >= 11 is 7.91. The number of hydrogen-bond acceptors (Lipinski definition) is 7. The highest BCUT2D eigenvalue weighted by Gasteiger charge is 2.54. The zero-order valence-electron chi connectivity index (χ0n) is 26.2. The molecule has 6 rings (SSSR count). The molecule has 2 atom stereocenters. The number of aliphatic carboxylic acids is 1. The lowest BCUT2D eigenvalue weighted by molar-refractivity contribution is -0.144. The Morgan fingerprint density at radius 2 is 1.96 bits per heavy atom. The van der Waals surface area contributed by atoms with Crippen molar-refractivity contribution in [3.63, 3.8) is 0 Å². The number of nitrogens with one attached hydrogen (secondary N) is 1. The number of carbonyl (C=O) groups is 1. The number of likely N-dealkylation sites (N-methyl/N-ethyl adjacent to an activating group) is 1. The van der Waals surface area contributed by atoms with E-state index in [1.165, 1.54) is 11.1 Å². The fourth-order valence-corrected chi connectivity index (χ4v) is 8.41. The summed E-state index contributed by atoms with van der Waals surface area (Å²) < 4.78 is 13.7. The number of benzene rings is 2. The van der Waals surface area contributed by atoms with Crippen LogP contribution in [-0.4, -0.2) is 60.4 Å². The number of hydrogen-bond donors (Lipinski definition) is 2. The summed E-state index contributed by atoms with van der Waals surface area (Å²) in [7, 11) is 4.09. The maximum Gasteiger partial charge on any atom is 0.329 e. The van der Waals surface area contributed by atoms with Gasteiger partial charge in [0, 0.05) is 23.5 Å². The van der Waals surface area contributed by atoms with Crippen molar-refractivity contribution in [2.24, 2.45) is 11.8 Å². The van der Waals surface area contributed by atoms with Gasteiger partial charge in [0.2, 0.25) is 0 Å². The third-order valence-electron chi connectivity index (χ3n) is 9.80. The summed E-state index contributed by atoms with van der Waals surface area (Å²) in [6.45, 7) is 4.35. The number of anilines is 1. The minimum absolute atomic E-state index is 0.128. The van der Waals surface area contributed by atoms with E-state index >= 15 is 0 Å². The molecule has 0 bridgehead atoms. The maximum atomic E-state index is 12.9. The van der Waals surface area contributed by atoms with Crippen molar-refractivity contribution in [1.82, 2.24) is 9.88 Å². The normalized spacial score (nSPS) is 23.3. The average Bonchev–Trinajstić information content (AvgIpc) is 3.60. The number of ether oxygens (including phenoxy) is 2. The number of halogens is 1. The van der Waals surface area contributed by atoms with Gasteiger partial charge < -0.3 is 24.8 Å². The van der Waals surface area contributed by atoms with Gasteiger partial charge in [-0.05, 0) is 129 Å². The lowest BCUT2D eigenvalue weighted by Crippen LogP contribution is -2.53. The summed E-state index contributed by atoms with van der Waals surface area (Å²) in [5, 5.41) is 16.6. The Kier molecular flexibility index (Phi) is 9.27. The summed E-state index contributed by atoms with van der Waals surface area (Å²) in [6, 6.07) is 17.9. The van der Waals surface area contributed by atoms with E-state index in [9.17, 15) is 9.90 Å². The number of fused-ring (bicyclic) bond motifs is 3. The molecular formula is C36H42ClN3O4S. The fraction of sp³-hybridized carbons (Fsp3) is 0.444. The molecule has 2 heterocycles. The van der Waals surface area contributed by atoms with Gasteiger partial charge in [-0.3, -0.25) is 4.98 Å². The minimum Gasteiger partial charge on any atom is -0.492 e. The molecule has 7 nitrogen and oxygen atoms in total. The zero-order valence-corrected chi connectivity index (χ0v) is 27.8. The molecule has 0 amide bonds. The lowest BCUT2D eigenvalue weighted by Gasteiger charge is -2.47. The van der Waals surface area contributed by atoms with Crippen LogP contribution in [0.2, 0.25) is 5.02 Å². The van der Waals surface area contributed by atoms with E-state index in [0.29, 0.717) is 42.9 Å². The third-order valence-corrected chi connectivity index (χ3v) is 11.0. The van der Waals surface area contributed by atoms with Gasteiger partial charge in [-0.15, -0.1) is 11.3 Å². The lowest BCUT2D eigenvalue weighted by atomic mass is 9.59. The highest BCUT2D eigenvalue weighted by atomic mass is 35.5. The molecule has 4 aromatic rings. The van der Waals surface area contributed by atoms with E-state index in [2.05, 4.69) is 40.3 Å². The van der Waals surface area contributed by atoms with E-state index in [1.807, 2.05) is 49.9 Å². The first-order valence-electron chi connectivity index (χ1n) is 15.8. The van der Waals surface area contributed by atoms with Gasteiger partial charge in [0.25, 0.3) is 0 Å². The van der Waals surface area contributed by atoms with Crippen LogP contribution in [0.4, 0.5) is 5.69 Å². The Hall–Kier alpha value is -3.33. The Morgan fingerprint density at radius 3 is 2.71 bits per heavy atom. The van der Waals surface area contributed by atoms with Crippen LogP contribution < -0.4 is 14.8 Å². The zero-order chi connectivity index (χ0) is 31.6. The van der Waals surface area contributed by atoms with Crippen LogP contribution in [0.25, 0.3) is 10.2 Å². The standard InChI is InChI=1S/C36H42ClN3O4S/c1-24(23-44-32-9-15-38-31-10-18-45-33(31)32)19-26-20-25-7-8-29(43-17-16-40(2)3)22-30(25)35(26)11-13-36(14-12-35,34(41)42)39-28-6-4-5-27(37)21-28/h4-10,15,18,21-22,24,26,39H,11-14,16-17,19-20,23H2,1-3H3,(H,41,42)/t24-,26?,35?,36?/m1/s1. The smallest absolute Gasteiger partial charge is 0.329 e. The van der Waals surface area contributed by atoms with Crippen LogP contribution in [0, 0.1) is 11.8 Å². The molecule has 45 heavy (non-hydrogen) atoms. The van der Waals surface area contributed by atoms with Crippen LogP contribution in [-0.2, 0) is 16.6 Å². The molecule has 2 aliphatic rings. The Bertz CT molecular complexity index is 1650.